The normalized spacial score (nSPS) is 20.4. The molecule has 25 heavy (non-hydrogen) atoms. The number of hydrogen-bond acceptors (Lipinski definition) is 3. The van der Waals surface area contributed by atoms with E-state index in [1.807, 2.05) is 0 Å². The molecule has 2 heterocycles. The summed E-state index contributed by atoms with van der Waals surface area (Å²) < 4.78 is 0. The first-order valence-electron chi connectivity index (χ1n) is 8.52. The number of rotatable bonds is 3. The summed E-state index contributed by atoms with van der Waals surface area (Å²) in [6.45, 7) is 5.08. The zero-order chi connectivity index (χ0) is 17.1. The van der Waals surface area contributed by atoms with Gasteiger partial charge in [0.15, 0.2) is 5.96 Å². The summed E-state index contributed by atoms with van der Waals surface area (Å²) in [4.78, 5) is 32.6. The first kappa shape index (κ1) is 19.7. The summed E-state index contributed by atoms with van der Waals surface area (Å²) in [5, 5.41) is 3.28. The van der Waals surface area contributed by atoms with Gasteiger partial charge in [-0.05, 0) is 30.9 Å². The molecule has 1 aromatic rings. The molecule has 0 spiro atoms. The lowest BCUT2D eigenvalue weighted by Crippen LogP contribution is -2.48. The number of aliphatic imine (C=N–C) groups is 1. The Bertz CT molecular complexity index is 642. The number of halogens is 1. The van der Waals surface area contributed by atoms with Gasteiger partial charge in [0.1, 0.15) is 0 Å². The van der Waals surface area contributed by atoms with Gasteiger partial charge in [0.25, 0.3) is 11.8 Å². The van der Waals surface area contributed by atoms with Crippen LogP contribution in [0.5, 0.6) is 0 Å². The van der Waals surface area contributed by atoms with Crippen LogP contribution in [0.3, 0.4) is 0 Å². The summed E-state index contributed by atoms with van der Waals surface area (Å²) in [7, 11) is 1.77. The number of benzene rings is 1. The van der Waals surface area contributed by atoms with Crippen LogP contribution in [0, 0.1) is 5.92 Å². The number of nitrogens with zero attached hydrogens (tertiary/aromatic N) is 3. The second-order valence-corrected chi connectivity index (χ2v) is 6.47. The fourth-order valence-corrected chi connectivity index (χ4v) is 3.44. The van der Waals surface area contributed by atoms with Crippen molar-refractivity contribution in [2.45, 2.75) is 19.8 Å². The molecule has 1 saturated heterocycles. The van der Waals surface area contributed by atoms with Crippen LogP contribution in [0.4, 0.5) is 0 Å². The molecule has 136 valence electrons. The van der Waals surface area contributed by atoms with Crippen molar-refractivity contribution in [2.24, 2.45) is 10.9 Å². The second kappa shape index (κ2) is 8.64. The van der Waals surface area contributed by atoms with Gasteiger partial charge < -0.3 is 10.2 Å². The van der Waals surface area contributed by atoms with Gasteiger partial charge in [-0.15, -0.1) is 24.0 Å². The van der Waals surface area contributed by atoms with E-state index in [0.717, 1.165) is 19.0 Å². The zero-order valence-electron chi connectivity index (χ0n) is 14.7. The van der Waals surface area contributed by atoms with E-state index in [1.54, 1.807) is 31.3 Å². The van der Waals surface area contributed by atoms with Crippen molar-refractivity contribution in [3.63, 3.8) is 0 Å². The molecular weight excluding hydrogens is 431 g/mol. The molecule has 6 nitrogen and oxygen atoms in total. The molecule has 2 aliphatic heterocycles. The van der Waals surface area contributed by atoms with Gasteiger partial charge in [0, 0.05) is 33.2 Å². The van der Waals surface area contributed by atoms with Crippen molar-refractivity contribution in [1.29, 1.82) is 0 Å². The monoisotopic (exact) mass is 456 g/mol. The maximum atomic E-state index is 12.3. The molecule has 2 amide bonds. The van der Waals surface area contributed by atoms with E-state index in [0.29, 0.717) is 30.1 Å². The number of amides is 2. The van der Waals surface area contributed by atoms with Gasteiger partial charge in [0.2, 0.25) is 0 Å². The topological polar surface area (TPSA) is 65.0 Å². The van der Waals surface area contributed by atoms with E-state index in [-0.39, 0.29) is 35.8 Å². The van der Waals surface area contributed by atoms with E-state index in [2.05, 4.69) is 22.1 Å². The van der Waals surface area contributed by atoms with Gasteiger partial charge in [0.05, 0.1) is 11.1 Å². The predicted molar refractivity (Wildman–Crippen MR) is 109 cm³/mol. The summed E-state index contributed by atoms with van der Waals surface area (Å²) >= 11 is 0. The van der Waals surface area contributed by atoms with Gasteiger partial charge in [-0.1, -0.05) is 19.1 Å². The second-order valence-electron chi connectivity index (χ2n) is 6.47. The van der Waals surface area contributed by atoms with Crippen LogP contribution >= 0.6 is 24.0 Å². The molecule has 0 aromatic heterocycles. The molecule has 1 aromatic carbocycles. The first-order valence-corrected chi connectivity index (χ1v) is 8.52. The minimum atomic E-state index is -0.209. The molecule has 0 aliphatic carbocycles. The van der Waals surface area contributed by atoms with Gasteiger partial charge in [-0.3, -0.25) is 19.5 Å². The summed E-state index contributed by atoms with van der Waals surface area (Å²) in [5.74, 6) is 1.09. The lowest BCUT2D eigenvalue weighted by Gasteiger charge is -2.33. The van der Waals surface area contributed by atoms with Crippen molar-refractivity contribution in [2.75, 3.05) is 33.2 Å². The number of fused-ring (bicyclic) bond motifs is 1. The van der Waals surface area contributed by atoms with E-state index < -0.39 is 0 Å². The molecule has 1 N–H and O–H groups in total. The van der Waals surface area contributed by atoms with Crippen molar-refractivity contribution < 1.29 is 9.59 Å². The van der Waals surface area contributed by atoms with Crippen LogP contribution in [-0.2, 0) is 0 Å². The van der Waals surface area contributed by atoms with E-state index in [9.17, 15) is 9.59 Å². The highest BCUT2D eigenvalue weighted by molar-refractivity contribution is 14.0. The van der Waals surface area contributed by atoms with Crippen molar-refractivity contribution >= 4 is 41.8 Å². The lowest BCUT2D eigenvalue weighted by atomic mass is 10.0. The number of nitrogens with one attached hydrogen (secondary N) is 1. The molecule has 0 bridgehead atoms. The minimum absolute atomic E-state index is 0. The Kier molecular flexibility index (Phi) is 6.80. The van der Waals surface area contributed by atoms with Gasteiger partial charge >= 0.3 is 0 Å². The number of piperidine rings is 1. The standard InChI is InChI=1S/C18H24N4O2.HI/c1-13-6-5-10-21(12-13)18(19-2)20-9-11-22-16(23)14-7-3-4-8-15(14)17(22)24;/h3-4,7-8,13H,5-6,9-12H2,1-2H3,(H,19,20);1H. The first-order chi connectivity index (χ1) is 11.6. The van der Waals surface area contributed by atoms with Crippen molar-refractivity contribution in [3.8, 4) is 0 Å². The molecule has 0 radical (unpaired) electrons. The highest BCUT2D eigenvalue weighted by Gasteiger charge is 2.34. The molecular formula is C18H25IN4O2. The Hall–Kier alpha value is -1.64. The molecule has 1 fully saturated rings. The average molecular weight is 456 g/mol. The van der Waals surface area contributed by atoms with Crippen LogP contribution in [0.2, 0.25) is 0 Å². The molecule has 2 aliphatic rings. The molecule has 1 unspecified atom stereocenters. The van der Waals surface area contributed by atoms with Crippen molar-refractivity contribution in [3.05, 3.63) is 35.4 Å². The highest BCUT2D eigenvalue weighted by atomic mass is 127. The third-order valence-electron chi connectivity index (χ3n) is 4.67. The Balaban J connectivity index is 0.00000225. The third-order valence-corrected chi connectivity index (χ3v) is 4.67. The fraction of sp³-hybridized carbons (Fsp3) is 0.500. The van der Waals surface area contributed by atoms with E-state index >= 15 is 0 Å². The predicted octanol–water partition coefficient (Wildman–Crippen LogP) is 2.21. The highest BCUT2D eigenvalue weighted by Crippen LogP contribution is 2.21. The smallest absolute Gasteiger partial charge is 0.261 e. The quantitative estimate of drug-likeness (QED) is 0.328. The maximum Gasteiger partial charge on any atom is 0.261 e. The number of carbonyl (C=O) groups excluding carboxylic acids is 2. The van der Waals surface area contributed by atoms with Crippen LogP contribution < -0.4 is 5.32 Å². The SMILES string of the molecule is CN=C(NCCN1C(=O)c2ccccc2C1=O)N1CCCC(C)C1.I. The van der Waals surface area contributed by atoms with Crippen LogP contribution in [-0.4, -0.2) is 60.8 Å². The van der Waals surface area contributed by atoms with Crippen LogP contribution in [0.25, 0.3) is 0 Å². The van der Waals surface area contributed by atoms with E-state index in [4.69, 9.17) is 0 Å². The Morgan fingerprint density at radius 1 is 1.24 bits per heavy atom. The van der Waals surface area contributed by atoms with Crippen molar-refractivity contribution in [1.82, 2.24) is 15.1 Å². The number of guanidine groups is 1. The fourth-order valence-electron chi connectivity index (χ4n) is 3.44. The third kappa shape index (κ3) is 4.13. The largest absolute Gasteiger partial charge is 0.354 e. The maximum absolute atomic E-state index is 12.3. The van der Waals surface area contributed by atoms with E-state index in [1.165, 1.54) is 17.7 Å². The molecule has 0 saturated carbocycles. The number of likely N-dealkylation sites (tertiary alicyclic amines) is 1. The number of hydrogen-bond donors (Lipinski definition) is 1. The molecule has 1 atom stereocenters. The molecule has 7 heteroatoms. The van der Waals surface area contributed by atoms with Gasteiger partial charge in [-0.25, -0.2) is 0 Å². The van der Waals surface area contributed by atoms with Gasteiger partial charge in [-0.2, -0.15) is 0 Å². The average Bonchev–Trinajstić information content (AvgIpc) is 2.84. The summed E-state index contributed by atoms with van der Waals surface area (Å²) in [5.41, 5.74) is 0.994. The zero-order valence-corrected chi connectivity index (χ0v) is 17.0. The summed E-state index contributed by atoms with van der Waals surface area (Å²) in [6, 6.07) is 6.98. The summed E-state index contributed by atoms with van der Waals surface area (Å²) in [6.07, 6.45) is 2.42. The van der Waals surface area contributed by atoms with Crippen LogP contribution in [0.1, 0.15) is 40.5 Å². The van der Waals surface area contributed by atoms with Crippen LogP contribution in [0.15, 0.2) is 29.3 Å². The Labute approximate surface area is 165 Å². The number of carbonyl (C=O) groups is 2. The Morgan fingerprint density at radius 3 is 2.44 bits per heavy atom. The minimum Gasteiger partial charge on any atom is -0.354 e. The Morgan fingerprint density at radius 2 is 1.88 bits per heavy atom. The number of imide groups is 1. The lowest BCUT2D eigenvalue weighted by molar-refractivity contribution is 0.0657. The molecule has 3 rings (SSSR count).